The maximum Gasteiger partial charge on any atom is 0.248 e. The molecule has 2 aliphatic rings. The standard InChI is InChI=1S/C28H46N4O6S/c1-22-18-25(37-5)19-23(2)28(22)39(35,36)30(4)16-17-38-21-27(34)29(3)20-24-8-14-32(15-9-24)26(33)10-13-31-11-6-7-12-31/h18-19,24H,6-17,20-21H2,1-5H3. The third-order valence-electron chi connectivity index (χ3n) is 7.88. The molecule has 0 radical (unpaired) electrons. The van der Waals surface area contributed by atoms with Gasteiger partial charge < -0.3 is 24.2 Å². The van der Waals surface area contributed by atoms with Crippen LogP contribution in [0.1, 0.15) is 43.2 Å². The van der Waals surface area contributed by atoms with E-state index in [1.54, 1.807) is 45.0 Å². The normalized spacial score (nSPS) is 17.1. The molecule has 3 rings (SSSR count). The Balaban J connectivity index is 1.35. The van der Waals surface area contributed by atoms with Gasteiger partial charge in [-0.15, -0.1) is 0 Å². The van der Waals surface area contributed by atoms with Crippen LogP contribution in [0.15, 0.2) is 17.0 Å². The summed E-state index contributed by atoms with van der Waals surface area (Å²) in [5, 5.41) is 0. The van der Waals surface area contributed by atoms with E-state index in [0.717, 1.165) is 45.6 Å². The van der Waals surface area contributed by atoms with E-state index in [0.29, 0.717) is 35.8 Å². The average Bonchev–Trinajstić information content (AvgIpc) is 3.43. The predicted molar refractivity (Wildman–Crippen MR) is 150 cm³/mol. The van der Waals surface area contributed by atoms with Crippen LogP contribution < -0.4 is 4.74 Å². The van der Waals surface area contributed by atoms with E-state index in [1.165, 1.54) is 24.2 Å². The largest absolute Gasteiger partial charge is 0.497 e. The first kappa shape index (κ1) is 31.3. The highest BCUT2D eigenvalue weighted by molar-refractivity contribution is 7.89. The van der Waals surface area contributed by atoms with Crippen LogP contribution in [0.4, 0.5) is 0 Å². The molecule has 0 saturated carbocycles. The minimum Gasteiger partial charge on any atom is -0.497 e. The Labute approximate surface area is 234 Å². The average molecular weight is 567 g/mol. The fourth-order valence-electron chi connectivity index (χ4n) is 5.45. The van der Waals surface area contributed by atoms with Gasteiger partial charge in [-0.25, -0.2) is 8.42 Å². The van der Waals surface area contributed by atoms with Crippen LogP contribution in [-0.2, 0) is 24.3 Å². The van der Waals surface area contributed by atoms with E-state index in [2.05, 4.69) is 4.90 Å². The number of rotatable bonds is 13. The van der Waals surface area contributed by atoms with Crippen LogP contribution in [0.2, 0.25) is 0 Å². The van der Waals surface area contributed by atoms with Gasteiger partial charge in [0.15, 0.2) is 0 Å². The molecule has 2 heterocycles. The number of piperidine rings is 1. The summed E-state index contributed by atoms with van der Waals surface area (Å²) >= 11 is 0. The number of hydrogen-bond donors (Lipinski definition) is 0. The van der Waals surface area contributed by atoms with Gasteiger partial charge in [0.2, 0.25) is 21.8 Å². The molecule has 39 heavy (non-hydrogen) atoms. The lowest BCUT2D eigenvalue weighted by Crippen LogP contribution is -2.43. The minimum absolute atomic E-state index is 0.0984. The van der Waals surface area contributed by atoms with E-state index in [4.69, 9.17) is 9.47 Å². The number of methoxy groups -OCH3 is 1. The zero-order valence-electron chi connectivity index (χ0n) is 24.3. The number of hydrogen-bond acceptors (Lipinski definition) is 7. The summed E-state index contributed by atoms with van der Waals surface area (Å²) in [6.07, 6.45) is 4.84. The van der Waals surface area contributed by atoms with Crippen LogP contribution in [0, 0.1) is 19.8 Å². The van der Waals surface area contributed by atoms with Crippen LogP contribution in [-0.4, -0.2) is 119 Å². The van der Waals surface area contributed by atoms with Crippen molar-refractivity contribution in [3.05, 3.63) is 23.3 Å². The van der Waals surface area contributed by atoms with Crippen molar-refractivity contribution in [3.63, 3.8) is 0 Å². The second kappa shape index (κ2) is 14.4. The number of carbonyl (C=O) groups excluding carboxylic acids is 2. The lowest BCUT2D eigenvalue weighted by molar-refractivity contribution is -0.137. The van der Waals surface area contributed by atoms with Crippen molar-refractivity contribution in [2.75, 3.05) is 80.2 Å². The number of sulfonamides is 1. The smallest absolute Gasteiger partial charge is 0.248 e. The molecule has 2 amide bonds. The molecule has 2 aliphatic heterocycles. The molecule has 0 atom stereocenters. The molecule has 0 aliphatic carbocycles. The Bertz CT molecular complexity index is 1060. The minimum atomic E-state index is -3.71. The van der Waals surface area contributed by atoms with Gasteiger partial charge in [-0.1, -0.05) is 0 Å². The van der Waals surface area contributed by atoms with Gasteiger partial charge in [0.05, 0.1) is 18.6 Å². The number of likely N-dealkylation sites (N-methyl/N-ethyl adjacent to an activating group) is 2. The van der Waals surface area contributed by atoms with Crippen molar-refractivity contribution in [1.29, 1.82) is 0 Å². The summed E-state index contributed by atoms with van der Waals surface area (Å²) in [5.41, 5.74) is 1.24. The molecule has 220 valence electrons. The summed E-state index contributed by atoms with van der Waals surface area (Å²) in [4.78, 5) is 31.4. The number of likely N-dealkylation sites (tertiary alicyclic amines) is 2. The Hall–Kier alpha value is -2.21. The zero-order chi connectivity index (χ0) is 28.6. The van der Waals surface area contributed by atoms with Crippen LogP contribution in [0.3, 0.4) is 0 Å². The summed E-state index contributed by atoms with van der Waals surface area (Å²) < 4.78 is 38.3. The van der Waals surface area contributed by atoms with Crippen LogP contribution >= 0.6 is 0 Å². The van der Waals surface area contributed by atoms with Crippen molar-refractivity contribution >= 4 is 21.8 Å². The van der Waals surface area contributed by atoms with Gasteiger partial charge in [-0.05, 0) is 81.8 Å². The number of nitrogens with zero attached hydrogens (tertiary/aromatic N) is 4. The lowest BCUT2D eigenvalue weighted by atomic mass is 9.96. The third-order valence-corrected chi connectivity index (χ3v) is 10.0. The Morgan fingerprint density at radius 1 is 1.03 bits per heavy atom. The summed E-state index contributed by atoms with van der Waals surface area (Å²) in [6, 6.07) is 3.41. The monoisotopic (exact) mass is 566 g/mol. The molecule has 1 aromatic carbocycles. The van der Waals surface area contributed by atoms with Gasteiger partial charge in [0.25, 0.3) is 0 Å². The van der Waals surface area contributed by atoms with Crippen molar-refractivity contribution in [2.24, 2.45) is 5.92 Å². The fraction of sp³-hybridized carbons (Fsp3) is 0.714. The van der Waals surface area contributed by atoms with Gasteiger partial charge >= 0.3 is 0 Å². The predicted octanol–water partition coefficient (Wildman–Crippen LogP) is 2.13. The van der Waals surface area contributed by atoms with Crippen LogP contribution in [0.25, 0.3) is 0 Å². The first-order chi connectivity index (χ1) is 18.5. The van der Waals surface area contributed by atoms with E-state index in [-0.39, 0.29) is 36.5 Å². The lowest BCUT2D eigenvalue weighted by Gasteiger charge is -2.34. The van der Waals surface area contributed by atoms with Crippen molar-refractivity contribution in [2.45, 2.75) is 50.8 Å². The molecule has 0 spiro atoms. The highest BCUT2D eigenvalue weighted by atomic mass is 32.2. The van der Waals surface area contributed by atoms with Gasteiger partial charge in [0.1, 0.15) is 12.4 Å². The van der Waals surface area contributed by atoms with Crippen molar-refractivity contribution in [3.8, 4) is 5.75 Å². The van der Waals surface area contributed by atoms with E-state index in [1.807, 2.05) is 4.90 Å². The zero-order valence-corrected chi connectivity index (χ0v) is 25.1. The van der Waals surface area contributed by atoms with Crippen molar-refractivity contribution in [1.82, 2.24) is 19.0 Å². The molecule has 0 unspecified atom stereocenters. The molecular weight excluding hydrogens is 520 g/mol. The number of aryl methyl sites for hydroxylation is 2. The molecule has 2 saturated heterocycles. The van der Waals surface area contributed by atoms with E-state index >= 15 is 0 Å². The fourth-order valence-corrected chi connectivity index (χ4v) is 7.00. The van der Waals surface area contributed by atoms with Gasteiger partial charge in [-0.2, -0.15) is 4.31 Å². The summed E-state index contributed by atoms with van der Waals surface area (Å²) in [7, 11) is 1.12. The highest BCUT2D eigenvalue weighted by Gasteiger charge is 2.27. The second-order valence-corrected chi connectivity index (χ2v) is 12.8. The van der Waals surface area contributed by atoms with E-state index in [9.17, 15) is 18.0 Å². The quantitative estimate of drug-likeness (QED) is 0.337. The van der Waals surface area contributed by atoms with Crippen LogP contribution in [0.5, 0.6) is 5.75 Å². The summed E-state index contributed by atoms with van der Waals surface area (Å²) in [6.45, 7) is 8.84. The SMILES string of the molecule is COc1cc(C)c(S(=O)(=O)N(C)CCOCC(=O)N(C)CC2CCN(C(=O)CCN3CCCC3)CC2)c(C)c1. The topological polar surface area (TPSA) is 99.7 Å². The molecule has 11 heteroatoms. The number of ether oxygens (including phenoxy) is 2. The summed E-state index contributed by atoms with van der Waals surface area (Å²) in [5.74, 6) is 1.08. The molecule has 0 N–H and O–H groups in total. The van der Waals surface area contributed by atoms with E-state index < -0.39 is 10.0 Å². The number of benzene rings is 1. The number of amides is 2. The molecule has 10 nitrogen and oxygen atoms in total. The highest BCUT2D eigenvalue weighted by Crippen LogP contribution is 2.27. The Kier molecular flexibility index (Phi) is 11.6. The molecule has 0 aromatic heterocycles. The molecule has 1 aromatic rings. The first-order valence-electron chi connectivity index (χ1n) is 14.0. The molecular formula is C28H46N4O6S. The van der Waals surface area contributed by atoms with Crippen molar-refractivity contribution < 1.29 is 27.5 Å². The second-order valence-electron chi connectivity index (χ2n) is 10.9. The number of carbonyl (C=O) groups is 2. The molecule has 0 bridgehead atoms. The maximum absolute atomic E-state index is 13.1. The first-order valence-corrected chi connectivity index (χ1v) is 15.4. The van der Waals surface area contributed by atoms with Gasteiger partial charge in [0, 0.05) is 53.2 Å². The Morgan fingerprint density at radius 3 is 2.23 bits per heavy atom. The third kappa shape index (κ3) is 8.64. The molecule has 2 fully saturated rings. The maximum atomic E-state index is 13.1. The van der Waals surface area contributed by atoms with Gasteiger partial charge in [-0.3, -0.25) is 9.59 Å². The Morgan fingerprint density at radius 2 is 1.64 bits per heavy atom.